The Labute approximate surface area is 164 Å². The lowest BCUT2D eigenvalue weighted by atomic mass is 10.2. The maximum absolute atomic E-state index is 12.9. The lowest BCUT2D eigenvalue weighted by Gasteiger charge is -2.36. The Morgan fingerprint density at radius 3 is 2.71 bits per heavy atom. The minimum Gasteiger partial charge on any atom is -0.399 e. The van der Waals surface area contributed by atoms with Crippen LogP contribution in [0.4, 0.5) is 17.2 Å². The second kappa shape index (κ2) is 7.42. The Morgan fingerprint density at radius 1 is 1.18 bits per heavy atom. The van der Waals surface area contributed by atoms with E-state index in [0.717, 1.165) is 35.5 Å². The van der Waals surface area contributed by atoms with Gasteiger partial charge in [0.1, 0.15) is 5.69 Å². The predicted octanol–water partition coefficient (Wildman–Crippen LogP) is 2.93. The van der Waals surface area contributed by atoms with Crippen molar-refractivity contribution in [2.75, 3.05) is 42.1 Å². The zero-order chi connectivity index (χ0) is 19.7. The molecule has 3 aromatic rings. The number of fused-ring (bicyclic) bond motifs is 1. The van der Waals surface area contributed by atoms with Crippen LogP contribution >= 0.6 is 0 Å². The number of H-pyrrole nitrogens is 1. The normalized spacial score (nSPS) is 14.7. The topological polar surface area (TPSA) is 90.3 Å². The Balaban J connectivity index is 1.46. The number of pyridine rings is 1. The third kappa shape index (κ3) is 3.60. The largest absolute Gasteiger partial charge is 0.399 e. The monoisotopic (exact) mass is 378 g/mol. The molecule has 1 saturated heterocycles. The van der Waals surface area contributed by atoms with Crippen molar-refractivity contribution in [2.24, 2.45) is 0 Å². The molecule has 1 amide bonds. The van der Waals surface area contributed by atoms with Crippen LogP contribution in [-0.2, 0) is 0 Å². The molecule has 0 radical (unpaired) electrons. The summed E-state index contributed by atoms with van der Waals surface area (Å²) in [5, 5.41) is 4.41. The van der Waals surface area contributed by atoms with Gasteiger partial charge in [-0.15, -0.1) is 0 Å². The molecule has 1 aromatic carbocycles. The fraction of sp³-hybridized carbons (Fsp3) is 0.333. The molecule has 2 aromatic heterocycles. The average molecular weight is 378 g/mol. The summed E-state index contributed by atoms with van der Waals surface area (Å²) in [7, 11) is 0. The molecular weight excluding hydrogens is 352 g/mol. The second-order valence-corrected chi connectivity index (χ2v) is 7.48. The number of piperazine rings is 1. The van der Waals surface area contributed by atoms with Crippen LogP contribution < -0.4 is 16.0 Å². The predicted molar refractivity (Wildman–Crippen MR) is 114 cm³/mol. The number of anilines is 3. The number of carbonyl (C=O) groups is 1. The molecule has 0 unspecified atom stereocenters. The van der Waals surface area contributed by atoms with Gasteiger partial charge in [-0.2, -0.15) is 0 Å². The fourth-order valence-electron chi connectivity index (χ4n) is 3.63. The lowest BCUT2D eigenvalue weighted by Crippen LogP contribution is -2.49. The summed E-state index contributed by atoms with van der Waals surface area (Å²) in [6, 6.07) is 11.8. The lowest BCUT2D eigenvalue weighted by molar-refractivity contribution is 0.0741. The number of nitrogen functional groups attached to an aromatic ring is 1. The number of rotatable bonds is 4. The maximum atomic E-state index is 12.9. The van der Waals surface area contributed by atoms with E-state index in [9.17, 15) is 4.79 Å². The van der Waals surface area contributed by atoms with E-state index in [4.69, 9.17) is 5.73 Å². The van der Waals surface area contributed by atoms with Crippen molar-refractivity contribution in [3.63, 3.8) is 0 Å². The first-order chi connectivity index (χ1) is 13.5. The van der Waals surface area contributed by atoms with Gasteiger partial charge in [0.2, 0.25) is 0 Å². The maximum Gasteiger partial charge on any atom is 0.270 e. The summed E-state index contributed by atoms with van der Waals surface area (Å²) < 4.78 is 0. The molecule has 4 rings (SSSR count). The van der Waals surface area contributed by atoms with Gasteiger partial charge in [0.25, 0.3) is 5.91 Å². The molecule has 3 heterocycles. The highest BCUT2D eigenvalue weighted by atomic mass is 16.2. The quantitative estimate of drug-likeness (QED) is 0.607. The molecule has 146 valence electrons. The van der Waals surface area contributed by atoms with E-state index in [0.29, 0.717) is 30.5 Å². The van der Waals surface area contributed by atoms with Crippen LogP contribution in [-0.4, -0.2) is 53.0 Å². The van der Waals surface area contributed by atoms with Crippen LogP contribution in [0, 0.1) is 0 Å². The van der Waals surface area contributed by atoms with Gasteiger partial charge in [-0.25, -0.2) is 4.98 Å². The fourth-order valence-corrected chi connectivity index (χ4v) is 3.63. The molecule has 1 aliphatic rings. The first-order valence-electron chi connectivity index (χ1n) is 9.65. The summed E-state index contributed by atoms with van der Waals surface area (Å²) in [6.45, 7) is 7.05. The molecule has 0 spiro atoms. The summed E-state index contributed by atoms with van der Waals surface area (Å²) in [5.74, 6) is 0.973. The van der Waals surface area contributed by atoms with Gasteiger partial charge < -0.3 is 25.8 Å². The minimum atomic E-state index is 0.0240. The van der Waals surface area contributed by atoms with Crippen LogP contribution in [0.1, 0.15) is 24.3 Å². The van der Waals surface area contributed by atoms with Crippen LogP contribution in [0.2, 0.25) is 0 Å². The van der Waals surface area contributed by atoms with Crippen molar-refractivity contribution in [2.45, 2.75) is 19.9 Å². The number of benzene rings is 1. The van der Waals surface area contributed by atoms with Gasteiger partial charge in [-0.1, -0.05) is 0 Å². The molecule has 1 aliphatic heterocycles. The number of nitrogens with two attached hydrogens (primary N) is 1. The Bertz CT molecular complexity index is 987. The molecule has 1 fully saturated rings. The van der Waals surface area contributed by atoms with Crippen LogP contribution in [0.5, 0.6) is 0 Å². The molecule has 0 aliphatic carbocycles. The third-order valence-corrected chi connectivity index (χ3v) is 4.97. The number of aromatic nitrogens is 2. The molecule has 7 nitrogen and oxygen atoms in total. The summed E-state index contributed by atoms with van der Waals surface area (Å²) in [5.41, 5.74) is 9.10. The highest BCUT2D eigenvalue weighted by Crippen LogP contribution is 2.25. The van der Waals surface area contributed by atoms with Crippen LogP contribution in [0.3, 0.4) is 0 Å². The van der Waals surface area contributed by atoms with Crippen LogP contribution in [0.15, 0.2) is 42.6 Å². The van der Waals surface area contributed by atoms with E-state index < -0.39 is 0 Å². The highest BCUT2D eigenvalue weighted by Gasteiger charge is 2.25. The summed E-state index contributed by atoms with van der Waals surface area (Å²) in [4.78, 5) is 24.8. The van der Waals surface area contributed by atoms with Crippen molar-refractivity contribution in [3.8, 4) is 0 Å². The molecule has 0 saturated carbocycles. The van der Waals surface area contributed by atoms with E-state index in [1.54, 1.807) is 0 Å². The number of carbonyl (C=O) groups excluding carboxylic acids is 1. The third-order valence-electron chi connectivity index (χ3n) is 4.97. The van der Waals surface area contributed by atoms with E-state index >= 15 is 0 Å². The molecule has 0 bridgehead atoms. The molecule has 0 atom stereocenters. The zero-order valence-electron chi connectivity index (χ0n) is 16.3. The number of nitrogens with one attached hydrogen (secondary N) is 2. The van der Waals surface area contributed by atoms with Crippen molar-refractivity contribution in [1.29, 1.82) is 0 Å². The van der Waals surface area contributed by atoms with Gasteiger partial charge in [-0.05, 0) is 50.2 Å². The van der Waals surface area contributed by atoms with Crippen molar-refractivity contribution >= 4 is 34.0 Å². The van der Waals surface area contributed by atoms with Gasteiger partial charge >= 0.3 is 0 Å². The Morgan fingerprint density at radius 2 is 1.96 bits per heavy atom. The van der Waals surface area contributed by atoms with Crippen molar-refractivity contribution in [3.05, 3.63) is 48.3 Å². The van der Waals surface area contributed by atoms with Crippen LogP contribution in [0.25, 0.3) is 10.9 Å². The Kier molecular flexibility index (Phi) is 4.81. The number of hydrogen-bond donors (Lipinski definition) is 3. The van der Waals surface area contributed by atoms with Gasteiger partial charge in [-0.3, -0.25) is 4.79 Å². The van der Waals surface area contributed by atoms with Gasteiger partial charge in [0.05, 0.1) is 5.69 Å². The molecule has 7 heteroatoms. The number of hydrogen-bond acceptors (Lipinski definition) is 5. The van der Waals surface area contributed by atoms with Gasteiger partial charge in [0, 0.05) is 55.0 Å². The van der Waals surface area contributed by atoms with Crippen molar-refractivity contribution in [1.82, 2.24) is 14.9 Å². The second-order valence-electron chi connectivity index (χ2n) is 7.48. The summed E-state index contributed by atoms with van der Waals surface area (Å²) >= 11 is 0. The summed E-state index contributed by atoms with van der Waals surface area (Å²) in [6.07, 6.45) is 1.81. The number of aromatic amines is 1. The highest BCUT2D eigenvalue weighted by molar-refractivity contribution is 5.98. The first kappa shape index (κ1) is 18.2. The van der Waals surface area contributed by atoms with E-state index in [1.165, 1.54) is 0 Å². The van der Waals surface area contributed by atoms with E-state index in [2.05, 4.69) is 40.1 Å². The molecule has 28 heavy (non-hydrogen) atoms. The standard InChI is InChI=1S/C21H26N6O/c1-14(2)24-18-4-3-7-23-20(18)26-8-10-27(11-9-26)21(28)19-13-15-12-16(22)5-6-17(15)25-19/h3-7,12-14,24-25H,8-11,22H2,1-2H3. The molecular formula is C21H26N6O. The Hall–Kier alpha value is -3.22. The SMILES string of the molecule is CC(C)Nc1cccnc1N1CCN(C(=O)c2cc3cc(N)ccc3[nH]2)CC1. The van der Waals surface area contributed by atoms with Gasteiger partial charge in [0.15, 0.2) is 5.82 Å². The smallest absolute Gasteiger partial charge is 0.270 e. The van der Waals surface area contributed by atoms with E-state index in [1.807, 2.05) is 41.4 Å². The number of nitrogens with zero attached hydrogens (tertiary/aromatic N) is 3. The van der Waals surface area contributed by atoms with E-state index in [-0.39, 0.29) is 5.91 Å². The molecule has 4 N–H and O–H groups in total. The average Bonchev–Trinajstić information content (AvgIpc) is 3.11. The first-order valence-corrected chi connectivity index (χ1v) is 9.65. The number of amides is 1. The van der Waals surface area contributed by atoms with Crippen molar-refractivity contribution < 1.29 is 4.79 Å². The minimum absolute atomic E-state index is 0.0240. The zero-order valence-corrected chi connectivity index (χ0v) is 16.3.